The molecule has 3 rings (SSSR count). The summed E-state index contributed by atoms with van der Waals surface area (Å²) in [6, 6.07) is 15.9. The quantitative estimate of drug-likeness (QED) is 0.636. The zero-order valence-electron chi connectivity index (χ0n) is 14.2. The summed E-state index contributed by atoms with van der Waals surface area (Å²) >= 11 is 5.46. The lowest BCUT2D eigenvalue weighted by Crippen LogP contribution is -2.34. The van der Waals surface area contributed by atoms with Crippen molar-refractivity contribution in [1.29, 1.82) is 0 Å². The number of carbonyl (C=O) groups is 1. The average molecular weight is 354 g/mol. The molecule has 1 atom stereocenters. The average Bonchev–Trinajstić information content (AvgIpc) is 2.63. The van der Waals surface area contributed by atoms with Gasteiger partial charge in [0.2, 0.25) is 0 Å². The number of hydrogen-bond acceptors (Lipinski definition) is 3. The maximum Gasteiger partial charge on any atom is 0.338 e. The molecule has 1 unspecified atom stereocenters. The molecular weight excluding hydrogens is 332 g/mol. The summed E-state index contributed by atoms with van der Waals surface area (Å²) in [5.41, 5.74) is 4.10. The van der Waals surface area contributed by atoms with Crippen LogP contribution in [0.3, 0.4) is 0 Å². The molecule has 0 aromatic heterocycles. The zero-order valence-corrected chi connectivity index (χ0v) is 15.1. The molecule has 0 radical (unpaired) electrons. The lowest BCUT2D eigenvalue weighted by molar-refractivity contribution is 0.0526. The molecular formula is C20H22N2O2S. The molecule has 0 bridgehead atoms. The van der Waals surface area contributed by atoms with Crippen LogP contribution in [0.1, 0.15) is 47.3 Å². The fourth-order valence-electron chi connectivity index (χ4n) is 3.13. The fourth-order valence-corrected chi connectivity index (χ4v) is 3.39. The first-order valence-electron chi connectivity index (χ1n) is 8.60. The third kappa shape index (κ3) is 4.37. The summed E-state index contributed by atoms with van der Waals surface area (Å²) in [6.07, 6.45) is 3.36. The molecule has 2 N–H and O–H groups in total. The molecule has 0 saturated carbocycles. The van der Waals surface area contributed by atoms with Crippen molar-refractivity contribution in [2.75, 3.05) is 11.9 Å². The summed E-state index contributed by atoms with van der Waals surface area (Å²) in [5.74, 6) is -0.312. The van der Waals surface area contributed by atoms with E-state index in [-0.39, 0.29) is 12.0 Å². The van der Waals surface area contributed by atoms with E-state index in [1.165, 1.54) is 11.1 Å². The van der Waals surface area contributed by atoms with Gasteiger partial charge in [-0.3, -0.25) is 0 Å². The van der Waals surface area contributed by atoms with E-state index in [0.717, 1.165) is 24.9 Å². The molecule has 25 heavy (non-hydrogen) atoms. The minimum atomic E-state index is -0.312. The van der Waals surface area contributed by atoms with Crippen LogP contribution < -0.4 is 10.6 Å². The number of thiocarbonyl (C=S) groups is 1. The molecule has 2 aromatic carbocycles. The molecule has 2 aromatic rings. The van der Waals surface area contributed by atoms with Crippen molar-refractivity contribution in [3.05, 3.63) is 65.2 Å². The Hall–Kier alpha value is -2.40. The van der Waals surface area contributed by atoms with Crippen molar-refractivity contribution in [2.24, 2.45) is 0 Å². The summed E-state index contributed by atoms with van der Waals surface area (Å²) in [6.45, 7) is 2.16. The molecule has 0 aliphatic heterocycles. The van der Waals surface area contributed by atoms with E-state index in [9.17, 15) is 4.79 Å². The number of esters is 1. The molecule has 5 heteroatoms. The molecule has 0 fully saturated rings. The van der Waals surface area contributed by atoms with Crippen LogP contribution in [0.15, 0.2) is 48.5 Å². The van der Waals surface area contributed by atoms with Gasteiger partial charge in [-0.15, -0.1) is 0 Å². The fraction of sp³-hybridized carbons (Fsp3) is 0.300. The predicted molar refractivity (Wildman–Crippen MR) is 104 cm³/mol. The van der Waals surface area contributed by atoms with Gasteiger partial charge in [0.05, 0.1) is 18.2 Å². The molecule has 1 aliphatic carbocycles. The third-order valence-electron chi connectivity index (χ3n) is 4.33. The molecule has 1 aliphatic rings. The van der Waals surface area contributed by atoms with Crippen LogP contribution in [-0.2, 0) is 11.2 Å². The molecule has 4 nitrogen and oxygen atoms in total. The van der Waals surface area contributed by atoms with Crippen molar-refractivity contribution < 1.29 is 9.53 Å². The largest absolute Gasteiger partial charge is 0.462 e. The number of benzene rings is 2. The highest BCUT2D eigenvalue weighted by Gasteiger charge is 2.20. The van der Waals surface area contributed by atoms with E-state index in [2.05, 4.69) is 34.9 Å². The first-order valence-corrected chi connectivity index (χ1v) is 9.00. The van der Waals surface area contributed by atoms with Gasteiger partial charge in [-0.25, -0.2) is 4.79 Å². The van der Waals surface area contributed by atoms with Gasteiger partial charge in [0, 0.05) is 5.69 Å². The van der Waals surface area contributed by atoms with Crippen LogP contribution in [0.25, 0.3) is 0 Å². The number of ether oxygens (including phenoxy) is 1. The summed E-state index contributed by atoms with van der Waals surface area (Å²) < 4.78 is 4.99. The van der Waals surface area contributed by atoms with Crippen LogP contribution in [0, 0.1) is 0 Å². The van der Waals surface area contributed by atoms with Gasteiger partial charge >= 0.3 is 5.97 Å². The smallest absolute Gasteiger partial charge is 0.338 e. The molecule has 0 heterocycles. The Kier molecular flexibility index (Phi) is 5.66. The molecule has 0 amide bonds. The Morgan fingerprint density at radius 3 is 2.72 bits per heavy atom. The van der Waals surface area contributed by atoms with E-state index in [1.54, 1.807) is 19.1 Å². The summed E-state index contributed by atoms with van der Waals surface area (Å²) in [4.78, 5) is 11.7. The first-order chi connectivity index (χ1) is 12.2. The van der Waals surface area contributed by atoms with Gasteiger partial charge in [0.25, 0.3) is 0 Å². The zero-order chi connectivity index (χ0) is 17.6. The van der Waals surface area contributed by atoms with Gasteiger partial charge in [-0.1, -0.05) is 24.3 Å². The van der Waals surface area contributed by atoms with E-state index in [1.807, 2.05) is 12.1 Å². The highest BCUT2D eigenvalue weighted by molar-refractivity contribution is 7.80. The second-order valence-corrected chi connectivity index (χ2v) is 6.45. The van der Waals surface area contributed by atoms with Gasteiger partial charge in [0.1, 0.15) is 0 Å². The number of rotatable bonds is 4. The second kappa shape index (κ2) is 8.12. The topological polar surface area (TPSA) is 50.4 Å². The van der Waals surface area contributed by atoms with Crippen LogP contribution in [0.2, 0.25) is 0 Å². The minimum Gasteiger partial charge on any atom is -0.462 e. The molecule has 0 saturated heterocycles. The van der Waals surface area contributed by atoms with Crippen LogP contribution >= 0.6 is 12.2 Å². The van der Waals surface area contributed by atoms with E-state index in [4.69, 9.17) is 17.0 Å². The number of carbonyl (C=O) groups excluding carboxylic acids is 1. The molecule has 130 valence electrons. The summed E-state index contributed by atoms with van der Waals surface area (Å²) in [7, 11) is 0. The Morgan fingerprint density at radius 2 is 1.96 bits per heavy atom. The van der Waals surface area contributed by atoms with Crippen molar-refractivity contribution in [2.45, 2.75) is 32.2 Å². The lowest BCUT2D eigenvalue weighted by Gasteiger charge is -2.27. The highest BCUT2D eigenvalue weighted by Crippen LogP contribution is 2.29. The van der Waals surface area contributed by atoms with Crippen molar-refractivity contribution in [3.63, 3.8) is 0 Å². The van der Waals surface area contributed by atoms with Gasteiger partial charge in [-0.2, -0.15) is 0 Å². The SMILES string of the molecule is CCOC(=O)c1ccc(NC(=S)NC2CCCc3ccccc32)cc1. The van der Waals surface area contributed by atoms with E-state index in [0.29, 0.717) is 17.3 Å². The highest BCUT2D eigenvalue weighted by atomic mass is 32.1. The maximum atomic E-state index is 11.7. The van der Waals surface area contributed by atoms with Gasteiger partial charge in [0.15, 0.2) is 5.11 Å². The second-order valence-electron chi connectivity index (χ2n) is 6.04. The van der Waals surface area contributed by atoms with Crippen LogP contribution in [0.5, 0.6) is 0 Å². The minimum absolute atomic E-state index is 0.240. The van der Waals surface area contributed by atoms with Gasteiger partial charge < -0.3 is 15.4 Å². The number of anilines is 1. The Morgan fingerprint density at radius 1 is 1.20 bits per heavy atom. The van der Waals surface area contributed by atoms with E-state index < -0.39 is 0 Å². The monoisotopic (exact) mass is 354 g/mol. The van der Waals surface area contributed by atoms with Gasteiger partial charge in [-0.05, 0) is 73.8 Å². The van der Waals surface area contributed by atoms with E-state index >= 15 is 0 Å². The number of fused-ring (bicyclic) bond motifs is 1. The normalized spacial score (nSPS) is 15.8. The lowest BCUT2D eigenvalue weighted by atomic mass is 9.88. The van der Waals surface area contributed by atoms with Crippen molar-refractivity contribution in [1.82, 2.24) is 5.32 Å². The Balaban J connectivity index is 1.61. The maximum absolute atomic E-state index is 11.7. The van der Waals surface area contributed by atoms with Crippen LogP contribution in [0.4, 0.5) is 5.69 Å². The van der Waals surface area contributed by atoms with Crippen LogP contribution in [-0.4, -0.2) is 17.7 Å². The third-order valence-corrected chi connectivity index (χ3v) is 4.55. The number of nitrogens with one attached hydrogen (secondary N) is 2. The molecule has 0 spiro atoms. The standard InChI is InChI=1S/C20H22N2O2S/c1-2-24-19(23)15-10-12-16(13-11-15)21-20(25)22-18-9-5-7-14-6-3-4-8-17(14)18/h3-4,6,8,10-13,18H,2,5,7,9H2,1H3,(H2,21,22,25). The predicted octanol–water partition coefficient (Wildman–Crippen LogP) is 4.23. The number of aryl methyl sites for hydroxylation is 1. The number of hydrogen-bond donors (Lipinski definition) is 2. The Labute approximate surface area is 153 Å². The summed E-state index contributed by atoms with van der Waals surface area (Å²) in [5, 5.41) is 7.18. The first kappa shape index (κ1) is 17.4. The van der Waals surface area contributed by atoms with Crippen molar-refractivity contribution in [3.8, 4) is 0 Å². The Bertz CT molecular complexity index is 759. The van der Waals surface area contributed by atoms with Crippen molar-refractivity contribution >= 4 is 29.0 Å².